The monoisotopic (exact) mass is 449 g/mol. The number of amides is 1. The molecule has 4 aromatic rings. The van der Waals surface area contributed by atoms with E-state index in [4.69, 9.17) is 16.0 Å². The van der Waals surface area contributed by atoms with Crippen LogP contribution in [0, 0.1) is 10.1 Å². The molecule has 1 N–H and O–H groups in total. The molecular weight excluding hydrogens is 430 g/mol. The van der Waals surface area contributed by atoms with Crippen LogP contribution in [-0.2, 0) is 0 Å². The molecule has 0 spiro atoms. The van der Waals surface area contributed by atoms with Crippen LogP contribution in [0.2, 0.25) is 5.02 Å². The zero-order chi connectivity index (χ0) is 22.8. The second-order valence-electron chi connectivity index (χ2n) is 7.51. The predicted octanol–water partition coefficient (Wildman–Crippen LogP) is 6.82. The molecule has 0 radical (unpaired) electrons. The predicted molar refractivity (Wildman–Crippen MR) is 124 cm³/mol. The van der Waals surface area contributed by atoms with Crippen LogP contribution < -0.4 is 5.32 Å². The summed E-state index contributed by atoms with van der Waals surface area (Å²) < 4.78 is 5.91. The SMILES string of the molecule is CC[C@@H](C)c1ccc2oc(-c3ccc(Cl)c(NC(=O)c4cccc([N+](=O)[O-])c4)c3)nc2c1. The number of aromatic nitrogens is 1. The van der Waals surface area contributed by atoms with Crippen molar-refractivity contribution < 1.29 is 14.1 Å². The van der Waals surface area contributed by atoms with Crippen molar-refractivity contribution in [2.75, 3.05) is 5.32 Å². The Morgan fingerprint density at radius 1 is 1.19 bits per heavy atom. The molecule has 1 amide bonds. The van der Waals surface area contributed by atoms with Gasteiger partial charge in [-0.05, 0) is 54.3 Å². The number of anilines is 1. The maximum Gasteiger partial charge on any atom is 0.270 e. The van der Waals surface area contributed by atoms with Gasteiger partial charge in [-0.15, -0.1) is 0 Å². The van der Waals surface area contributed by atoms with Gasteiger partial charge in [-0.1, -0.05) is 37.6 Å². The van der Waals surface area contributed by atoms with Crippen molar-refractivity contribution in [3.8, 4) is 11.5 Å². The zero-order valence-corrected chi connectivity index (χ0v) is 18.2. The lowest BCUT2D eigenvalue weighted by atomic mass is 9.98. The first-order chi connectivity index (χ1) is 15.4. The highest BCUT2D eigenvalue weighted by Gasteiger charge is 2.16. The Hall–Kier alpha value is -3.71. The van der Waals surface area contributed by atoms with E-state index in [1.165, 1.54) is 29.8 Å². The number of carbonyl (C=O) groups is 1. The number of fused-ring (bicyclic) bond motifs is 1. The average molecular weight is 450 g/mol. The topological polar surface area (TPSA) is 98.3 Å². The van der Waals surface area contributed by atoms with E-state index >= 15 is 0 Å². The number of hydrogen-bond donors (Lipinski definition) is 1. The second-order valence-corrected chi connectivity index (χ2v) is 7.92. The highest BCUT2D eigenvalue weighted by molar-refractivity contribution is 6.34. The largest absolute Gasteiger partial charge is 0.436 e. The smallest absolute Gasteiger partial charge is 0.270 e. The Morgan fingerprint density at radius 3 is 2.75 bits per heavy atom. The van der Waals surface area contributed by atoms with E-state index in [1.807, 2.05) is 18.2 Å². The molecule has 0 saturated carbocycles. The van der Waals surface area contributed by atoms with Gasteiger partial charge in [0.25, 0.3) is 11.6 Å². The van der Waals surface area contributed by atoms with Gasteiger partial charge >= 0.3 is 0 Å². The molecule has 0 aliphatic heterocycles. The van der Waals surface area contributed by atoms with E-state index < -0.39 is 10.8 Å². The minimum Gasteiger partial charge on any atom is -0.436 e. The number of halogens is 1. The summed E-state index contributed by atoms with van der Waals surface area (Å²) >= 11 is 6.27. The van der Waals surface area contributed by atoms with Crippen molar-refractivity contribution in [2.45, 2.75) is 26.2 Å². The molecule has 0 bridgehead atoms. The van der Waals surface area contributed by atoms with Crippen LogP contribution in [0.25, 0.3) is 22.6 Å². The minimum atomic E-state index is -0.551. The van der Waals surface area contributed by atoms with Crippen LogP contribution in [-0.4, -0.2) is 15.8 Å². The Labute approximate surface area is 189 Å². The maximum absolute atomic E-state index is 12.6. The van der Waals surface area contributed by atoms with Crippen molar-refractivity contribution in [1.82, 2.24) is 4.98 Å². The molecule has 0 unspecified atom stereocenters. The number of nitrogens with one attached hydrogen (secondary N) is 1. The van der Waals surface area contributed by atoms with Crippen molar-refractivity contribution >= 4 is 40.0 Å². The van der Waals surface area contributed by atoms with Crippen LogP contribution in [0.15, 0.2) is 65.1 Å². The summed E-state index contributed by atoms with van der Waals surface area (Å²) in [4.78, 5) is 27.7. The molecule has 1 aromatic heterocycles. The summed E-state index contributed by atoms with van der Waals surface area (Å²) in [6, 6.07) is 16.5. The maximum atomic E-state index is 12.6. The zero-order valence-electron chi connectivity index (χ0n) is 17.5. The fourth-order valence-electron chi connectivity index (χ4n) is 3.32. The molecule has 0 aliphatic carbocycles. The molecule has 0 fully saturated rings. The van der Waals surface area contributed by atoms with Crippen LogP contribution >= 0.6 is 11.6 Å². The fourth-order valence-corrected chi connectivity index (χ4v) is 3.48. The third-order valence-corrected chi connectivity index (χ3v) is 5.70. The van der Waals surface area contributed by atoms with Crippen molar-refractivity contribution in [3.63, 3.8) is 0 Å². The highest BCUT2D eigenvalue weighted by atomic mass is 35.5. The molecule has 8 heteroatoms. The van der Waals surface area contributed by atoms with Crippen molar-refractivity contribution in [2.24, 2.45) is 0 Å². The summed E-state index contributed by atoms with van der Waals surface area (Å²) in [5.74, 6) is 0.318. The number of non-ortho nitro benzene ring substituents is 1. The number of benzene rings is 3. The third kappa shape index (κ3) is 4.33. The van der Waals surface area contributed by atoms with Gasteiger partial charge < -0.3 is 9.73 Å². The van der Waals surface area contributed by atoms with Gasteiger partial charge in [-0.2, -0.15) is 0 Å². The minimum absolute atomic E-state index is 0.153. The van der Waals surface area contributed by atoms with Crippen molar-refractivity contribution in [1.29, 1.82) is 0 Å². The molecule has 0 saturated heterocycles. The van der Waals surface area contributed by atoms with E-state index in [0.29, 0.717) is 33.7 Å². The summed E-state index contributed by atoms with van der Waals surface area (Å²) in [6.07, 6.45) is 1.03. The third-order valence-electron chi connectivity index (χ3n) is 5.37. The number of nitro benzene ring substituents is 1. The Bertz CT molecular complexity index is 1330. The molecule has 7 nitrogen and oxygen atoms in total. The van der Waals surface area contributed by atoms with E-state index in [-0.39, 0.29) is 11.3 Å². The van der Waals surface area contributed by atoms with Crippen LogP contribution in [0.3, 0.4) is 0 Å². The van der Waals surface area contributed by atoms with Gasteiger partial charge in [0, 0.05) is 23.3 Å². The normalized spacial score (nSPS) is 12.0. The van der Waals surface area contributed by atoms with Crippen molar-refractivity contribution in [3.05, 3.63) is 86.9 Å². The molecule has 0 aliphatic rings. The average Bonchev–Trinajstić information content (AvgIpc) is 3.23. The molecule has 162 valence electrons. The first-order valence-electron chi connectivity index (χ1n) is 10.1. The number of hydrogen-bond acceptors (Lipinski definition) is 5. The summed E-state index contributed by atoms with van der Waals surface area (Å²) in [5, 5.41) is 14.0. The van der Waals surface area contributed by atoms with Gasteiger partial charge in [0.05, 0.1) is 15.6 Å². The number of rotatable bonds is 6. The molecule has 1 atom stereocenters. The Kier molecular flexibility index (Phi) is 5.92. The standard InChI is InChI=1S/C24H20ClN3O4/c1-3-14(2)15-8-10-22-21(12-15)27-24(32-22)17-7-9-19(25)20(13-17)26-23(29)16-5-4-6-18(11-16)28(30)31/h4-14H,3H2,1-2H3,(H,26,29)/t14-/m1/s1. The molecule has 4 rings (SSSR count). The van der Waals surface area contributed by atoms with Gasteiger partial charge in [-0.3, -0.25) is 14.9 Å². The first-order valence-corrected chi connectivity index (χ1v) is 10.5. The van der Waals surface area contributed by atoms with Gasteiger partial charge in [-0.25, -0.2) is 4.98 Å². The quantitative estimate of drug-likeness (QED) is 0.257. The number of carbonyl (C=O) groups excluding carboxylic acids is 1. The van der Waals surface area contributed by atoms with Crippen LogP contribution in [0.1, 0.15) is 42.1 Å². The lowest BCUT2D eigenvalue weighted by Gasteiger charge is -2.08. The molecule has 1 heterocycles. The van der Waals surface area contributed by atoms with Crippen LogP contribution in [0.4, 0.5) is 11.4 Å². The highest BCUT2D eigenvalue weighted by Crippen LogP contribution is 2.32. The number of oxazole rings is 1. The number of nitro groups is 1. The van der Waals surface area contributed by atoms with Gasteiger partial charge in [0.1, 0.15) is 5.52 Å². The molecule has 3 aromatic carbocycles. The lowest BCUT2D eigenvalue weighted by molar-refractivity contribution is -0.384. The van der Waals surface area contributed by atoms with E-state index in [9.17, 15) is 14.9 Å². The van der Waals surface area contributed by atoms with Gasteiger partial charge in [0.15, 0.2) is 5.58 Å². The molecule has 32 heavy (non-hydrogen) atoms. The van der Waals surface area contributed by atoms with E-state index in [0.717, 1.165) is 11.9 Å². The number of nitrogens with zero attached hydrogens (tertiary/aromatic N) is 2. The van der Waals surface area contributed by atoms with E-state index in [1.54, 1.807) is 18.2 Å². The van der Waals surface area contributed by atoms with Crippen LogP contribution in [0.5, 0.6) is 0 Å². The fraction of sp³-hybridized carbons (Fsp3) is 0.167. The van der Waals surface area contributed by atoms with Gasteiger partial charge in [0.2, 0.25) is 5.89 Å². The second kappa shape index (κ2) is 8.80. The summed E-state index contributed by atoms with van der Waals surface area (Å²) in [7, 11) is 0. The molecular formula is C24H20ClN3O4. The Morgan fingerprint density at radius 2 is 2.00 bits per heavy atom. The summed E-state index contributed by atoms with van der Waals surface area (Å²) in [6.45, 7) is 4.30. The summed E-state index contributed by atoms with van der Waals surface area (Å²) in [5.41, 5.74) is 3.61. The van der Waals surface area contributed by atoms with E-state index in [2.05, 4.69) is 24.1 Å². The first kappa shape index (κ1) is 21.5. The Balaban J connectivity index is 1.63. The lowest BCUT2D eigenvalue weighted by Crippen LogP contribution is -2.12.